The van der Waals surface area contributed by atoms with Crippen LogP contribution in [-0.4, -0.2) is 100 Å². The Balaban J connectivity index is 0.959. The molecule has 2 bridgehead atoms. The fourth-order valence-electron chi connectivity index (χ4n) is 8.02. The molecule has 3 fully saturated rings. The van der Waals surface area contributed by atoms with E-state index < -0.39 is 79.0 Å². The Morgan fingerprint density at radius 2 is 1.54 bits per heavy atom. The van der Waals surface area contributed by atoms with E-state index in [0.29, 0.717) is 29.6 Å². The van der Waals surface area contributed by atoms with Crippen molar-refractivity contribution in [2.24, 2.45) is 23.5 Å². The maximum absolute atomic E-state index is 15.2. The van der Waals surface area contributed by atoms with Gasteiger partial charge in [0.2, 0.25) is 35.4 Å². The molecule has 4 aromatic rings. The van der Waals surface area contributed by atoms with Gasteiger partial charge < -0.3 is 42.6 Å². The molecular formula is C42H52F2N12O7. The van der Waals surface area contributed by atoms with Gasteiger partial charge in [0.05, 0.1) is 37.9 Å². The molecule has 3 aliphatic rings. The third-order valence-corrected chi connectivity index (χ3v) is 11.2. The summed E-state index contributed by atoms with van der Waals surface area (Å²) in [6.45, 7) is -1.17. The first-order valence-electron chi connectivity index (χ1n) is 20.9. The Morgan fingerprint density at radius 3 is 2.32 bits per heavy atom. The first-order valence-corrected chi connectivity index (χ1v) is 20.9. The number of hydrogen-bond acceptors (Lipinski definition) is 12. The molecule has 3 saturated carbocycles. The molecule has 6 amide bonds. The quantitative estimate of drug-likeness (QED) is 0.0307. The molecule has 3 atom stereocenters. The van der Waals surface area contributed by atoms with Gasteiger partial charge in [0.15, 0.2) is 17.5 Å². The van der Waals surface area contributed by atoms with Crippen molar-refractivity contribution in [2.75, 3.05) is 38.2 Å². The number of anilines is 1. The molecule has 0 saturated heterocycles. The molecule has 7 rings (SSSR count). The summed E-state index contributed by atoms with van der Waals surface area (Å²) in [7, 11) is 0. The number of H-pyrrole nitrogens is 1. The van der Waals surface area contributed by atoms with Crippen molar-refractivity contribution in [3.05, 3.63) is 72.2 Å². The average molecular weight is 875 g/mol. The Labute approximate surface area is 361 Å². The van der Waals surface area contributed by atoms with Crippen LogP contribution in [0.5, 0.6) is 0 Å². The molecule has 1 aromatic carbocycles. The maximum atomic E-state index is 15.2. The molecule has 336 valence electrons. The average Bonchev–Trinajstić information content (AvgIpc) is 3.71. The highest BCUT2D eigenvalue weighted by atomic mass is 19.1. The number of amides is 6. The fraction of sp³-hybridized carbons (Fsp3) is 0.452. The van der Waals surface area contributed by atoms with Crippen molar-refractivity contribution in [1.82, 2.24) is 52.0 Å². The smallest absolute Gasteiger partial charge is 0.249 e. The number of hydroxylamine groups is 1. The summed E-state index contributed by atoms with van der Waals surface area (Å²) in [5, 5.41) is 16.0. The number of pyridine rings is 1. The van der Waals surface area contributed by atoms with Crippen LogP contribution in [0.25, 0.3) is 22.4 Å². The third kappa shape index (κ3) is 13.0. The van der Waals surface area contributed by atoms with Crippen LogP contribution in [0.3, 0.4) is 0 Å². The number of benzene rings is 1. The lowest BCUT2D eigenvalue weighted by atomic mass is 9.61. The lowest BCUT2D eigenvalue weighted by Gasteiger charge is -2.48. The summed E-state index contributed by atoms with van der Waals surface area (Å²) < 4.78 is 29.2. The van der Waals surface area contributed by atoms with Gasteiger partial charge in [0.25, 0.3) is 0 Å². The van der Waals surface area contributed by atoms with Gasteiger partial charge in [-0.2, -0.15) is 0 Å². The number of unbranched alkanes of at least 4 members (excludes halogenated alkanes) is 2. The van der Waals surface area contributed by atoms with E-state index in [1.165, 1.54) is 6.07 Å². The molecule has 63 heavy (non-hydrogen) atoms. The van der Waals surface area contributed by atoms with Gasteiger partial charge in [-0.1, -0.05) is 36.8 Å². The summed E-state index contributed by atoms with van der Waals surface area (Å²) in [4.78, 5) is 97.3. The van der Waals surface area contributed by atoms with Crippen molar-refractivity contribution < 1.29 is 42.4 Å². The van der Waals surface area contributed by atoms with Crippen LogP contribution in [0.2, 0.25) is 0 Å². The lowest BCUT2D eigenvalue weighted by molar-refractivity contribution is -0.146. The Kier molecular flexibility index (Phi) is 16.4. The summed E-state index contributed by atoms with van der Waals surface area (Å²) in [6.07, 6.45) is 9.47. The number of carbonyl (C=O) groups is 6. The predicted molar refractivity (Wildman–Crippen MR) is 224 cm³/mol. The van der Waals surface area contributed by atoms with Gasteiger partial charge in [-0.25, -0.2) is 29.2 Å². The summed E-state index contributed by atoms with van der Waals surface area (Å²) in [5.41, 5.74) is 9.42. The van der Waals surface area contributed by atoms with E-state index in [9.17, 15) is 33.2 Å². The monoisotopic (exact) mass is 874 g/mol. The first kappa shape index (κ1) is 45.9. The second kappa shape index (κ2) is 22.5. The van der Waals surface area contributed by atoms with Crippen LogP contribution in [0.1, 0.15) is 56.9 Å². The van der Waals surface area contributed by atoms with Gasteiger partial charge in [-0.15, -0.1) is 0 Å². The zero-order valence-electron chi connectivity index (χ0n) is 34.5. The van der Waals surface area contributed by atoms with Crippen LogP contribution in [0, 0.1) is 29.4 Å². The van der Waals surface area contributed by atoms with Gasteiger partial charge in [-0.05, 0) is 68.5 Å². The molecular weight excluding hydrogens is 823 g/mol. The zero-order valence-corrected chi connectivity index (χ0v) is 34.5. The summed E-state index contributed by atoms with van der Waals surface area (Å²) >= 11 is 0. The van der Waals surface area contributed by atoms with E-state index in [1.54, 1.807) is 36.5 Å². The van der Waals surface area contributed by atoms with Crippen molar-refractivity contribution in [1.29, 1.82) is 0 Å². The number of aromatic amines is 1. The molecule has 3 aliphatic carbocycles. The van der Waals surface area contributed by atoms with E-state index in [-0.39, 0.29) is 48.8 Å². The number of hydrogen-bond donors (Lipinski definition) is 9. The molecule has 21 heteroatoms. The number of carbonyl (C=O) groups excluding carboxylic acids is 6. The van der Waals surface area contributed by atoms with Crippen LogP contribution in [0.15, 0.2) is 55.0 Å². The normalized spacial score (nSPS) is 18.2. The van der Waals surface area contributed by atoms with Gasteiger partial charge in [0, 0.05) is 36.0 Å². The number of nitrogens with one attached hydrogen (secondary N) is 8. The standard InChI is InChI=1S/C42H52F2N12O7/c43-27-16-28-29(18-49-38(28)48-17-27)39-50-19-30(44)40(55-39)54-37-26-12-10-25(11-13-26)36(37)42(62)56-63-23-52-34(59)21-51-41(61)31(15-24-7-3-1-4-8-24)53-35(60)22-47-33(58)20-46-32(57)9-5-2-6-14-45/h1,3-4,7-8,16-19,25-26,31,36-37H,2,5-6,9-15,20-23,45H2,(H,46,57)(H,47,58)(H,48,49)(H,51,61)(H,52,59)(H,53,60)(H,56,62)(H,50,54,55)/t25?,26?,31?,36-,37-/m0/s1. The minimum atomic E-state index is -1.11. The highest BCUT2D eigenvalue weighted by molar-refractivity contribution is 5.93. The van der Waals surface area contributed by atoms with Crippen LogP contribution in [0.4, 0.5) is 14.6 Å². The molecule has 0 radical (unpaired) electrons. The molecule has 19 nitrogen and oxygen atoms in total. The number of nitrogens with two attached hydrogens (primary N) is 1. The first-order chi connectivity index (χ1) is 30.5. The van der Waals surface area contributed by atoms with Gasteiger partial charge in [-0.3, -0.25) is 33.6 Å². The number of nitrogens with zero attached hydrogens (tertiary/aromatic N) is 3. The summed E-state index contributed by atoms with van der Waals surface area (Å²) in [5.74, 6) is -5.21. The molecule has 0 aliphatic heterocycles. The number of rotatable bonds is 22. The van der Waals surface area contributed by atoms with Gasteiger partial charge in [0.1, 0.15) is 24.2 Å². The molecule has 3 aromatic heterocycles. The Morgan fingerprint density at radius 1 is 0.825 bits per heavy atom. The molecule has 1 unspecified atom stereocenters. The molecule has 0 spiro atoms. The molecule has 3 heterocycles. The maximum Gasteiger partial charge on any atom is 0.249 e. The van der Waals surface area contributed by atoms with Crippen LogP contribution in [-0.2, 0) is 40.0 Å². The van der Waals surface area contributed by atoms with E-state index in [1.807, 2.05) is 0 Å². The highest BCUT2D eigenvalue weighted by Crippen LogP contribution is 2.46. The SMILES string of the molecule is NCCCCCC(=O)NCC(=O)NCC(=O)NC(Cc1ccccc1)C(=O)NCC(=O)NCONC(=O)[C@H]1C2CCC(CC2)[C@@H]1Nc1nc(-c2c[nH]c3ncc(F)cc23)ncc1F. The van der Waals surface area contributed by atoms with E-state index >= 15 is 4.39 Å². The number of aromatic nitrogens is 4. The number of halogens is 2. The topological polar surface area (TPSA) is 276 Å². The predicted octanol–water partition coefficient (Wildman–Crippen LogP) is 1.23. The molecule has 10 N–H and O–H groups in total. The minimum Gasteiger partial charge on any atom is -0.364 e. The van der Waals surface area contributed by atoms with Gasteiger partial charge >= 0.3 is 0 Å². The Hall–Kier alpha value is -6.61. The fourth-order valence-corrected chi connectivity index (χ4v) is 8.02. The van der Waals surface area contributed by atoms with Crippen molar-refractivity contribution in [2.45, 2.75) is 69.9 Å². The van der Waals surface area contributed by atoms with Crippen molar-refractivity contribution >= 4 is 52.3 Å². The van der Waals surface area contributed by atoms with Crippen LogP contribution < -0.4 is 43.1 Å². The third-order valence-electron chi connectivity index (χ3n) is 11.2. The highest BCUT2D eigenvalue weighted by Gasteiger charge is 2.47. The van der Waals surface area contributed by atoms with E-state index in [0.717, 1.165) is 56.5 Å². The van der Waals surface area contributed by atoms with E-state index in [4.69, 9.17) is 10.6 Å². The minimum absolute atomic E-state index is 0.0251. The zero-order chi connectivity index (χ0) is 44.7. The summed E-state index contributed by atoms with van der Waals surface area (Å²) in [6, 6.07) is 8.53. The van der Waals surface area contributed by atoms with Crippen LogP contribution >= 0.6 is 0 Å². The van der Waals surface area contributed by atoms with E-state index in [2.05, 4.69) is 57.3 Å². The second-order valence-electron chi connectivity index (χ2n) is 15.5. The van der Waals surface area contributed by atoms with Crippen molar-refractivity contribution in [3.63, 3.8) is 0 Å². The lowest BCUT2D eigenvalue weighted by Crippen LogP contribution is -2.54. The number of fused-ring (bicyclic) bond motifs is 4. The largest absolute Gasteiger partial charge is 0.364 e. The van der Waals surface area contributed by atoms with Crippen molar-refractivity contribution in [3.8, 4) is 11.4 Å². The second-order valence-corrected chi connectivity index (χ2v) is 15.5. The Bertz CT molecular complexity index is 2240.